The molecule has 1 aliphatic heterocycles. The number of carbonyl (C=O) groups excluding carboxylic acids is 1. The van der Waals surface area contributed by atoms with Crippen molar-refractivity contribution >= 4 is 5.91 Å². The van der Waals surface area contributed by atoms with Gasteiger partial charge in [0, 0.05) is 25.6 Å². The Balaban J connectivity index is 2.12. The maximum absolute atomic E-state index is 12.3. The third kappa shape index (κ3) is 3.40. The molecule has 1 heterocycles. The van der Waals surface area contributed by atoms with Crippen LogP contribution < -0.4 is 9.47 Å². The molecule has 0 radical (unpaired) electrons. The predicted molar refractivity (Wildman–Crippen MR) is 73.9 cm³/mol. The second-order valence-electron chi connectivity index (χ2n) is 4.79. The Morgan fingerprint density at radius 3 is 2.74 bits per heavy atom. The maximum atomic E-state index is 12.3. The highest BCUT2D eigenvalue weighted by Crippen LogP contribution is 2.30. The summed E-state index contributed by atoms with van der Waals surface area (Å²) < 4.78 is 11.2. The number of hydrogen-bond acceptors (Lipinski definition) is 3. The zero-order valence-corrected chi connectivity index (χ0v) is 11.6. The van der Waals surface area contributed by atoms with Gasteiger partial charge in [-0.05, 0) is 24.6 Å². The lowest BCUT2D eigenvalue weighted by Gasteiger charge is -2.17. The van der Waals surface area contributed by atoms with Gasteiger partial charge >= 0.3 is 0 Å². The molecule has 0 aliphatic carbocycles. The number of rotatable bonds is 4. The van der Waals surface area contributed by atoms with Gasteiger partial charge in [-0.25, -0.2) is 0 Å². The van der Waals surface area contributed by atoms with Gasteiger partial charge in [0.2, 0.25) is 0 Å². The smallest absolute Gasteiger partial charge is 0.253 e. The molecule has 19 heavy (non-hydrogen) atoms. The highest BCUT2D eigenvalue weighted by atomic mass is 16.5. The van der Waals surface area contributed by atoms with Crippen molar-refractivity contribution in [1.82, 2.24) is 4.90 Å². The van der Waals surface area contributed by atoms with E-state index >= 15 is 0 Å². The molecular formula is C15H21NO3. The van der Waals surface area contributed by atoms with Crippen LogP contribution in [0.15, 0.2) is 18.2 Å². The van der Waals surface area contributed by atoms with Crippen LogP contribution in [-0.2, 0) is 0 Å². The quantitative estimate of drug-likeness (QED) is 0.838. The minimum atomic E-state index is 0.0316. The number of amides is 1. The average molecular weight is 263 g/mol. The van der Waals surface area contributed by atoms with Crippen molar-refractivity contribution < 1.29 is 14.3 Å². The molecule has 4 heteroatoms. The van der Waals surface area contributed by atoms with E-state index in [-0.39, 0.29) is 5.91 Å². The van der Waals surface area contributed by atoms with E-state index in [1.807, 2.05) is 13.1 Å². The third-order valence-electron chi connectivity index (χ3n) is 3.19. The lowest BCUT2D eigenvalue weighted by atomic mass is 10.1. The fourth-order valence-electron chi connectivity index (χ4n) is 2.01. The SMILES string of the molecule is CCCCN(C)C(=O)c1ccc2c(c1)OCCCO2. The van der Waals surface area contributed by atoms with Gasteiger partial charge in [0.25, 0.3) is 5.91 Å². The summed E-state index contributed by atoms with van der Waals surface area (Å²) in [5, 5.41) is 0. The van der Waals surface area contributed by atoms with Gasteiger partial charge in [-0.15, -0.1) is 0 Å². The molecule has 4 nitrogen and oxygen atoms in total. The molecule has 0 saturated carbocycles. The van der Waals surface area contributed by atoms with Crippen LogP contribution in [0.1, 0.15) is 36.5 Å². The van der Waals surface area contributed by atoms with Crippen molar-refractivity contribution in [3.8, 4) is 11.5 Å². The fourth-order valence-corrected chi connectivity index (χ4v) is 2.01. The summed E-state index contributed by atoms with van der Waals surface area (Å²) in [7, 11) is 1.83. The minimum absolute atomic E-state index is 0.0316. The molecule has 0 fully saturated rings. The standard InChI is InChI=1S/C15H21NO3/c1-3-4-8-16(2)15(17)12-6-7-13-14(11-12)19-10-5-9-18-13/h6-7,11H,3-5,8-10H2,1-2H3. The van der Waals surface area contributed by atoms with Crippen LogP contribution in [0.4, 0.5) is 0 Å². The Morgan fingerprint density at radius 2 is 2.00 bits per heavy atom. The molecule has 0 N–H and O–H groups in total. The first-order valence-electron chi connectivity index (χ1n) is 6.87. The van der Waals surface area contributed by atoms with Crippen molar-refractivity contribution in [2.75, 3.05) is 26.8 Å². The van der Waals surface area contributed by atoms with Crippen molar-refractivity contribution in [3.05, 3.63) is 23.8 Å². The van der Waals surface area contributed by atoms with Gasteiger partial charge in [-0.1, -0.05) is 13.3 Å². The summed E-state index contributed by atoms with van der Waals surface area (Å²) in [5.74, 6) is 1.43. The fraction of sp³-hybridized carbons (Fsp3) is 0.533. The Labute approximate surface area is 114 Å². The average Bonchev–Trinajstić information content (AvgIpc) is 2.68. The summed E-state index contributed by atoms with van der Waals surface area (Å²) in [6, 6.07) is 5.41. The lowest BCUT2D eigenvalue weighted by molar-refractivity contribution is 0.0793. The third-order valence-corrected chi connectivity index (χ3v) is 3.19. The first-order chi connectivity index (χ1) is 9.22. The highest BCUT2D eigenvalue weighted by molar-refractivity contribution is 5.94. The highest BCUT2D eigenvalue weighted by Gasteiger charge is 2.16. The molecule has 1 aliphatic rings. The van der Waals surface area contributed by atoms with Crippen LogP contribution >= 0.6 is 0 Å². The molecular weight excluding hydrogens is 242 g/mol. The Morgan fingerprint density at radius 1 is 1.26 bits per heavy atom. The normalized spacial score (nSPS) is 13.8. The van der Waals surface area contributed by atoms with Gasteiger partial charge in [-0.2, -0.15) is 0 Å². The number of fused-ring (bicyclic) bond motifs is 1. The van der Waals surface area contributed by atoms with Gasteiger partial charge in [0.15, 0.2) is 11.5 Å². The Hall–Kier alpha value is -1.71. The number of ether oxygens (including phenoxy) is 2. The molecule has 0 bridgehead atoms. The topological polar surface area (TPSA) is 38.8 Å². The van der Waals surface area contributed by atoms with Crippen LogP contribution in [0.5, 0.6) is 11.5 Å². The van der Waals surface area contributed by atoms with E-state index in [1.54, 1.807) is 17.0 Å². The molecule has 2 rings (SSSR count). The van der Waals surface area contributed by atoms with E-state index in [4.69, 9.17) is 9.47 Å². The van der Waals surface area contributed by atoms with Crippen molar-refractivity contribution in [2.24, 2.45) is 0 Å². The number of nitrogens with zero attached hydrogens (tertiary/aromatic N) is 1. The molecule has 0 aromatic heterocycles. The molecule has 1 amide bonds. The summed E-state index contributed by atoms with van der Waals surface area (Å²) in [4.78, 5) is 14.0. The van der Waals surface area contributed by atoms with Crippen LogP contribution in [0, 0.1) is 0 Å². The van der Waals surface area contributed by atoms with E-state index < -0.39 is 0 Å². The van der Waals surface area contributed by atoms with Crippen molar-refractivity contribution in [2.45, 2.75) is 26.2 Å². The van der Waals surface area contributed by atoms with E-state index in [0.29, 0.717) is 24.5 Å². The predicted octanol–water partition coefficient (Wildman–Crippen LogP) is 2.72. The molecule has 0 unspecified atom stereocenters. The summed E-state index contributed by atoms with van der Waals surface area (Å²) in [6.45, 7) is 4.20. The molecule has 1 aromatic rings. The van der Waals surface area contributed by atoms with Crippen molar-refractivity contribution in [3.63, 3.8) is 0 Å². The van der Waals surface area contributed by atoms with Gasteiger partial charge < -0.3 is 14.4 Å². The lowest BCUT2D eigenvalue weighted by Crippen LogP contribution is -2.27. The monoisotopic (exact) mass is 263 g/mol. The van der Waals surface area contributed by atoms with Gasteiger partial charge in [0.1, 0.15) is 0 Å². The molecule has 0 atom stereocenters. The van der Waals surface area contributed by atoms with Crippen LogP contribution in [-0.4, -0.2) is 37.6 Å². The molecule has 0 spiro atoms. The second kappa shape index (κ2) is 6.45. The zero-order valence-electron chi connectivity index (χ0n) is 11.6. The first-order valence-corrected chi connectivity index (χ1v) is 6.87. The van der Waals surface area contributed by atoms with Crippen LogP contribution in [0.25, 0.3) is 0 Å². The number of unbranched alkanes of at least 4 members (excludes halogenated alkanes) is 1. The maximum Gasteiger partial charge on any atom is 0.253 e. The number of carbonyl (C=O) groups is 1. The van der Waals surface area contributed by atoms with E-state index in [2.05, 4.69) is 6.92 Å². The zero-order chi connectivity index (χ0) is 13.7. The summed E-state index contributed by atoms with van der Waals surface area (Å²) in [5.41, 5.74) is 0.655. The first kappa shape index (κ1) is 13.7. The van der Waals surface area contributed by atoms with E-state index in [1.165, 1.54) is 0 Å². The Kier molecular flexibility index (Phi) is 4.66. The molecule has 104 valence electrons. The van der Waals surface area contributed by atoms with E-state index in [9.17, 15) is 4.79 Å². The number of hydrogen-bond donors (Lipinski definition) is 0. The summed E-state index contributed by atoms with van der Waals surface area (Å²) in [6.07, 6.45) is 2.97. The molecule has 1 aromatic carbocycles. The van der Waals surface area contributed by atoms with E-state index in [0.717, 1.165) is 31.6 Å². The number of benzene rings is 1. The minimum Gasteiger partial charge on any atom is -0.490 e. The largest absolute Gasteiger partial charge is 0.490 e. The van der Waals surface area contributed by atoms with Crippen molar-refractivity contribution in [1.29, 1.82) is 0 Å². The Bertz CT molecular complexity index is 445. The second-order valence-corrected chi connectivity index (χ2v) is 4.79. The van der Waals surface area contributed by atoms with Gasteiger partial charge in [0.05, 0.1) is 13.2 Å². The van der Waals surface area contributed by atoms with Crippen LogP contribution in [0.3, 0.4) is 0 Å². The molecule has 0 saturated heterocycles. The summed E-state index contributed by atoms with van der Waals surface area (Å²) >= 11 is 0. The van der Waals surface area contributed by atoms with Crippen LogP contribution in [0.2, 0.25) is 0 Å². The van der Waals surface area contributed by atoms with Gasteiger partial charge in [-0.3, -0.25) is 4.79 Å².